The molecule has 10 heteroatoms. The van der Waals surface area contributed by atoms with Crippen LogP contribution in [0.15, 0.2) is 23.1 Å². The molecule has 24 heavy (non-hydrogen) atoms. The molecule has 1 aliphatic heterocycles. The normalized spacial score (nSPS) is 17.4. The SMILES string of the molecule is O=C([O-])C[C@@H](C(=O)[O-])N1C(=O)/C(=C/c2c(Cl)cccc2Cl)SC1=S. The Balaban J connectivity index is 2.39. The second kappa shape index (κ2) is 7.52. The molecule has 126 valence electrons. The summed E-state index contributed by atoms with van der Waals surface area (Å²) in [5, 5.41) is 22.4. The van der Waals surface area contributed by atoms with Gasteiger partial charge in [0.1, 0.15) is 4.32 Å². The maximum atomic E-state index is 12.4. The molecule has 0 aliphatic carbocycles. The molecule has 0 unspecified atom stereocenters. The van der Waals surface area contributed by atoms with E-state index in [0.29, 0.717) is 20.5 Å². The minimum absolute atomic E-state index is 0.0691. The predicted molar refractivity (Wildman–Crippen MR) is 89.9 cm³/mol. The predicted octanol–water partition coefficient (Wildman–Crippen LogP) is 0.453. The van der Waals surface area contributed by atoms with E-state index in [2.05, 4.69) is 0 Å². The van der Waals surface area contributed by atoms with Crippen molar-refractivity contribution >= 4 is 75.4 Å². The molecule has 1 aliphatic rings. The zero-order valence-corrected chi connectivity index (χ0v) is 14.8. The molecule has 1 aromatic rings. The molecule has 0 aromatic heterocycles. The van der Waals surface area contributed by atoms with Crippen LogP contribution in [0.25, 0.3) is 6.08 Å². The van der Waals surface area contributed by atoms with Gasteiger partial charge in [-0.2, -0.15) is 0 Å². The second-order valence-corrected chi connectivity index (χ2v) is 7.09. The summed E-state index contributed by atoms with van der Waals surface area (Å²) in [7, 11) is 0. The number of amides is 1. The molecule has 1 aromatic carbocycles. The van der Waals surface area contributed by atoms with Crippen LogP contribution in [-0.4, -0.2) is 33.1 Å². The fourth-order valence-electron chi connectivity index (χ4n) is 1.97. The molecule has 1 amide bonds. The molecule has 0 saturated carbocycles. The molecule has 0 radical (unpaired) electrons. The first-order valence-electron chi connectivity index (χ1n) is 6.34. The van der Waals surface area contributed by atoms with Gasteiger partial charge in [0, 0.05) is 28.0 Å². The van der Waals surface area contributed by atoms with Gasteiger partial charge < -0.3 is 19.8 Å². The lowest BCUT2D eigenvalue weighted by Gasteiger charge is -2.27. The first-order chi connectivity index (χ1) is 11.2. The van der Waals surface area contributed by atoms with E-state index < -0.39 is 30.3 Å². The third-order valence-corrected chi connectivity index (χ3v) is 5.03. The summed E-state index contributed by atoms with van der Waals surface area (Å²) in [5.41, 5.74) is 0.367. The zero-order chi connectivity index (χ0) is 18.0. The van der Waals surface area contributed by atoms with Crippen molar-refractivity contribution in [2.24, 2.45) is 0 Å². The number of carbonyl (C=O) groups is 3. The summed E-state index contributed by atoms with van der Waals surface area (Å²) in [6.07, 6.45) is 0.435. The van der Waals surface area contributed by atoms with Crippen molar-refractivity contribution in [3.8, 4) is 0 Å². The van der Waals surface area contributed by atoms with Gasteiger partial charge in [-0.05, 0) is 18.2 Å². The highest BCUT2D eigenvalue weighted by molar-refractivity contribution is 8.26. The van der Waals surface area contributed by atoms with Crippen LogP contribution in [0.4, 0.5) is 0 Å². The third kappa shape index (κ3) is 3.89. The Labute approximate surface area is 156 Å². The van der Waals surface area contributed by atoms with Crippen LogP contribution in [-0.2, 0) is 14.4 Å². The van der Waals surface area contributed by atoms with E-state index >= 15 is 0 Å². The Bertz CT molecular complexity index is 760. The number of thiocarbonyl (C=S) groups is 1. The number of aliphatic carboxylic acids is 2. The highest BCUT2D eigenvalue weighted by Crippen LogP contribution is 2.37. The minimum atomic E-state index is -1.75. The Morgan fingerprint density at radius 1 is 1.29 bits per heavy atom. The highest BCUT2D eigenvalue weighted by atomic mass is 35.5. The fourth-order valence-corrected chi connectivity index (χ4v) is 3.81. The maximum absolute atomic E-state index is 12.4. The number of halogens is 2. The van der Waals surface area contributed by atoms with Crippen LogP contribution in [0.2, 0.25) is 10.0 Å². The Morgan fingerprint density at radius 3 is 2.38 bits per heavy atom. The summed E-state index contributed by atoms with van der Waals surface area (Å²) in [4.78, 5) is 35.0. The van der Waals surface area contributed by atoms with Gasteiger partial charge in [-0.3, -0.25) is 9.69 Å². The number of carboxylic acids is 2. The lowest BCUT2D eigenvalue weighted by Crippen LogP contribution is -2.52. The average molecular weight is 404 g/mol. The first-order valence-corrected chi connectivity index (χ1v) is 8.32. The van der Waals surface area contributed by atoms with E-state index in [9.17, 15) is 24.6 Å². The Morgan fingerprint density at radius 2 is 1.88 bits per heavy atom. The van der Waals surface area contributed by atoms with Crippen LogP contribution in [0.5, 0.6) is 0 Å². The van der Waals surface area contributed by atoms with E-state index in [1.54, 1.807) is 18.2 Å². The average Bonchev–Trinajstić information content (AvgIpc) is 2.75. The lowest BCUT2D eigenvalue weighted by atomic mass is 10.1. The number of benzene rings is 1. The molecule has 1 atom stereocenters. The Hall–Kier alpha value is -1.61. The molecule has 1 saturated heterocycles. The molecule has 6 nitrogen and oxygen atoms in total. The van der Waals surface area contributed by atoms with Gasteiger partial charge in [0.05, 0.1) is 16.9 Å². The number of carboxylic acid groups (broad SMARTS) is 2. The van der Waals surface area contributed by atoms with Crippen LogP contribution in [0, 0.1) is 0 Å². The molecule has 2 rings (SSSR count). The van der Waals surface area contributed by atoms with Gasteiger partial charge in [-0.15, -0.1) is 0 Å². The van der Waals surface area contributed by atoms with Crippen molar-refractivity contribution in [1.29, 1.82) is 0 Å². The summed E-state index contributed by atoms with van der Waals surface area (Å²) in [6.45, 7) is 0. The molecule has 1 fully saturated rings. The standard InChI is InChI=1S/C14H9Cl2NO5S2/c15-7-2-1-3-8(16)6(7)4-10-12(20)17(14(23)24-10)9(13(21)22)5-11(18)19/h1-4,9H,5H2,(H,18,19)(H,21,22)/p-2/b10-4-/t9-/m0/s1. The third-order valence-electron chi connectivity index (χ3n) is 3.04. The number of thioether (sulfide) groups is 1. The van der Waals surface area contributed by atoms with E-state index in [-0.39, 0.29) is 9.23 Å². The molecule has 0 bridgehead atoms. The summed E-state index contributed by atoms with van der Waals surface area (Å²) in [6, 6.07) is 3.01. The monoisotopic (exact) mass is 403 g/mol. The largest absolute Gasteiger partial charge is 0.550 e. The topological polar surface area (TPSA) is 101 Å². The van der Waals surface area contributed by atoms with Gasteiger partial charge in [0.2, 0.25) is 0 Å². The van der Waals surface area contributed by atoms with E-state index in [1.165, 1.54) is 6.08 Å². The molecule has 0 spiro atoms. The number of carbonyl (C=O) groups excluding carboxylic acids is 3. The summed E-state index contributed by atoms with van der Waals surface area (Å²) >= 11 is 17.8. The fraction of sp³-hybridized carbons (Fsp3) is 0.143. The highest BCUT2D eigenvalue weighted by Gasteiger charge is 2.38. The van der Waals surface area contributed by atoms with Crippen LogP contribution in [0.1, 0.15) is 12.0 Å². The quantitative estimate of drug-likeness (QED) is 0.519. The maximum Gasteiger partial charge on any atom is 0.266 e. The number of rotatable bonds is 5. The van der Waals surface area contributed by atoms with Crippen LogP contribution < -0.4 is 10.2 Å². The minimum Gasteiger partial charge on any atom is -0.550 e. The zero-order valence-electron chi connectivity index (χ0n) is 11.7. The molecular weight excluding hydrogens is 397 g/mol. The van der Waals surface area contributed by atoms with Gasteiger partial charge in [0.25, 0.3) is 5.91 Å². The van der Waals surface area contributed by atoms with Gasteiger partial charge in [-0.1, -0.05) is 53.2 Å². The lowest BCUT2D eigenvalue weighted by molar-refractivity contribution is -0.319. The molecule has 0 N–H and O–H groups in total. The van der Waals surface area contributed by atoms with E-state index in [0.717, 1.165) is 11.8 Å². The first kappa shape index (κ1) is 18.7. The summed E-state index contributed by atoms with van der Waals surface area (Å²) < 4.78 is -0.107. The van der Waals surface area contributed by atoms with E-state index in [4.69, 9.17) is 35.4 Å². The van der Waals surface area contributed by atoms with Crippen molar-refractivity contribution in [3.63, 3.8) is 0 Å². The Kier molecular flexibility index (Phi) is 5.87. The second-order valence-electron chi connectivity index (χ2n) is 4.60. The summed E-state index contributed by atoms with van der Waals surface area (Å²) in [5.74, 6) is -4.15. The van der Waals surface area contributed by atoms with Crippen molar-refractivity contribution in [3.05, 3.63) is 38.7 Å². The van der Waals surface area contributed by atoms with Crippen molar-refractivity contribution in [2.75, 3.05) is 0 Å². The van der Waals surface area contributed by atoms with Crippen molar-refractivity contribution < 1.29 is 24.6 Å². The van der Waals surface area contributed by atoms with Crippen LogP contribution >= 0.6 is 47.2 Å². The molecular formula is C14H7Cl2NO5S2-2. The van der Waals surface area contributed by atoms with Gasteiger partial charge in [-0.25, -0.2) is 0 Å². The van der Waals surface area contributed by atoms with E-state index in [1.807, 2.05) is 0 Å². The van der Waals surface area contributed by atoms with Gasteiger partial charge in [0.15, 0.2) is 0 Å². The van der Waals surface area contributed by atoms with Crippen molar-refractivity contribution in [2.45, 2.75) is 12.5 Å². The molecule has 1 heterocycles. The number of nitrogens with zero attached hydrogens (tertiary/aromatic N) is 1. The van der Waals surface area contributed by atoms with Gasteiger partial charge >= 0.3 is 0 Å². The smallest absolute Gasteiger partial charge is 0.266 e. The number of hydrogen-bond donors (Lipinski definition) is 0. The van der Waals surface area contributed by atoms with Crippen molar-refractivity contribution in [1.82, 2.24) is 4.90 Å². The number of hydrogen-bond acceptors (Lipinski definition) is 7. The van der Waals surface area contributed by atoms with Crippen LogP contribution in [0.3, 0.4) is 0 Å².